The number of halogens is 2. The average molecular weight is 441 g/mol. The van der Waals surface area contributed by atoms with E-state index >= 15 is 0 Å². The number of likely N-dealkylation sites (tertiary alicyclic amines) is 1. The lowest BCUT2D eigenvalue weighted by molar-refractivity contribution is 0.00858. The van der Waals surface area contributed by atoms with Gasteiger partial charge in [-0.3, -0.25) is 4.79 Å². The highest BCUT2D eigenvalue weighted by Crippen LogP contribution is 2.34. The molecule has 3 rings (SSSR count). The van der Waals surface area contributed by atoms with Crippen LogP contribution in [-0.4, -0.2) is 62.2 Å². The van der Waals surface area contributed by atoms with Crippen molar-refractivity contribution < 1.29 is 9.53 Å². The summed E-state index contributed by atoms with van der Waals surface area (Å²) in [6, 6.07) is 1.98. The molecule has 1 saturated heterocycles. The van der Waals surface area contributed by atoms with E-state index < -0.39 is 0 Å². The minimum atomic E-state index is 0. The third-order valence-corrected chi connectivity index (χ3v) is 6.42. The van der Waals surface area contributed by atoms with E-state index in [1.807, 2.05) is 30.0 Å². The number of nitrogens with zero attached hydrogens (tertiary/aromatic N) is 3. The Hall–Kier alpha value is -0.640. The van der Waals surface area contributed by atoms with E-state index in [0.29, 0.717) is 6.54 Å². The Morgan fingerprint density at radius 1 is 1.35 bits per heavy atom. The number of carbonyl (C=O) groups is 1. The van der Waals surface area contributed by atoms with Crippen LogP contribution < -0.4 is 10.6 Å². The van der Waals surface area contributed by atoms with Gasteiger partial charge in [0, 0.05) is 33.8 Å². The first-order valence-corrected chi connectivity index (χ1v) is 9.90. The molecule has 148 valence electrons. The van der Waals surface area contributed by atoms with Gasteiger partial charge in [0.2, 0.25) is 0 Å². The summed E-state index contributed by atoms with van der Waals surface area (Å²) in [4.78, 5) is 22.9. The zero-order valence-electron chi connectivity index (χ0n) is 15.0. The van der Waals surface area contributed by atoms with Gasteiger partial charge in [0.25, 0.3) is 5.91 Å². The van der Waals surface area contributed by atoms with E-state index in [9.17, 15) is 4.79 Å². The quantitative estimate of drug-likeness (QED) is 0.697. The van der Waals surface area contributed by atoms with Gasteiger partial charge in [-0.25, -0.2) is 4.98 Å². The molecule has 1 fully saturated rings. The van der Waals surface area contributed by atoms with Crippen LogP contribution in [0.15, 0.2) is 6.07 Å². The molecule has 0 saturated carbocycles. The third-order valence-electron chi connectivity index (χ3n) is 4.10. The van der Waals surface area contributed by atoms with Crippen molar-refractivity contribution in [3.63, 3.8) is 0 Å². The predicted molar refractivity (Wildman–Crippen MR) is 115 cm³/mol. The van der Waals surface area contributed by atoms with Crippen molar-refractivity contribution in [2.75, 3.05) is 45.2 Å². The summed E-state index contributed by atoms with van der Waals surface area (Å²) < 4.78 is 6.89. The molecule has 1 aliphatic rings. The number of fused-ring (bicyclic) bond motifs is 1. The van der Waals surface area contributed by atoms with Crippen LogP contribution in [0.25, 0.3) is 9.53 Å². The molecule has 1 aliphatic heterocycles. The summed E-state index contributed by atoms with van der Waals surface area (Å²) in [7, 11) is 3.96. The van der Waals surface area contributed by atoms with Gasteiger partial charge in [0.15, 0.2) is 5.13 Å². The number of amides is 1. The Kier molecular flexibility index (Phi) is 9.57. The highest BCUT2D eigenvalue weighted by Gasteiger charge is 2.25. The highest BCUT2D eigenvalue weighted by molar-refractivity contribution is 7.29. The van der Waals surface area contributed by atoms with Gasteiger partial charge in [0.05, 0.1) is 15.7 Å². The second-order valence-electron chi connectivity index (χ2n) is 6.18. The zero-order chi connectivity index (χ0) is 17.1. The number of anilines is 1. The van der Waals surface area contributed by atoms with E-state index in [1.165, 1.54) is 11.3 Å². The number of aromatic nitrogens is 1. The molecule has 0 spiro atoms. The molecule has 26 heavy (non-hydrogen) atoms. The van der Waals surface area contributed by atoms with Crippen molar-refractivity contribution in [3.05, 3.63) is 10.9 Å². The van der Waals surface area contributed by atoms with Crippen LogP contribution in [-0.2, 0) is 4.74 Å². The summed E-state index contributed by atoms with van der Waals surface area (Å²) in [5.74, 6) is 0.122. The number of hydrogen-bond donors (Lipinski definition) is 1. The molecule has 2 aromatic rings. The van der Waals surface area contributed by atoms with Crippen LogP contribution >= 0.6 is 47.5 Å². The Bertz CT molecular complexity index is 668. The number of ether oxygens (including phenoxy) is 1. The first-order chi connectivity index (χ1) is 11.6. The van der Waals surface area contributed by atoms with Crippen molar-refractivity contribution in [2.24, 2.45) is 5.73 Å². The fourth-order valence-corrected chi connectivity index (χ4v) is 4.84. The van der Waals surface area contributed by atoms with E-state index in [-0.39, 0.29) is 36.8 Å². The van der Waals surface area contributed by atoms with Crippen LogP contribution in [0, 0.1) is 0 Å². The van der Waals surface area contributed by atoms with Crippen molar-refractivity contribution in [1.29, 1.82) is 0 Å². The maximum atomic E-state index is 12.7. The van der Waals surface area contributed by atoms with Gasteiger partial charge in [-0.05, 0) is 31.9 Å². The van der Waals surface area contributed by atoms with Crippen LogP contribution in [0.4, 0.5) is 5.13 Å². The van der Waals surface area contributed by atoms with Crippen LogP contribution in [0.2, 0.25) is 0 Å². The molecule has 0 unspecified atom stereocenters. The number of nitrogens with two attached hydrogens (primary N) is 1. The van der Waals surface area contributed by atoms with Crippen LogP contribution in [0.5, 0.6) is 0 Å². The zero-order valence-corrected chi connectivity index (χ0v) is 18.2. The average Bonchev–Trinajstić information content (AvgIpc) is 3.14. The Balaban J connectivity index is 0.00000169. The molecule has 0 bridgehead atoms. The molecule has 0 atom stereocenters. The molecule has 0 aliphatic carbocycles. The summed E-state index contributed by atoms with van der Waals surface area (Å²) >= 11 is 3.12. The molecular weight excluding hydrogens is 415 g/mol. The summed E-state index contributed by atoms with van der Waals surface area (Å²) in [5.41, 5.74) is 5.48. The fourth-order valence-electron chi connectivity index (χ4n) is 2.74. The van der Waals surface area contributed by atoms with Crippen molar-refractivity contribution in [3.8, 4) is 0 Å². The van der Waals surface area contributed by atoms with Gasteiger partial charge in [-0.1, -0.05) is 11.3 Å². The fraction of sp³-hybridized carbons (Fsp3) is 0.625. The molecule has 2 aromatic heterocycles. The molecule has 2 N–H and O–H groups in total. The maximum absolute atomic E-state index is 12.7. The minimum absolute atomic E-state index is 0. The Morgan fingerprint density at radius 2 is 2.04 bits per heavy atom. The molecule has 6 nitrogen and oxygen atoms in total. The largest absolute Gasteiger partial charge is 0.378 e. The number of rotatable bonds is 6. The van der Waals surface area contributed by atoms with Gasteiger partial charge >= 0.3 is 0 Å². The summed E-state index contributed by atoms with van der Waals surface area (Å²) in [5, 5.41) is 0.977. The van der Waals surface area contributed by atoms with Gasteiger partial charge in [-0.2, -0.15) is 0 Å². The van der Waals surface area contributed by atoms with E-state index in [0.717, 1.165) is 58.5 Å². The lowest BCUT2D eigenvalue weighted by atomic mass is 10.1. The van der Waals surface area contributed by atoms with Gasteiger partial charge in [-0.15, -0.1) is 36.2 Å². The molecular formula is C16H26Cl2N4O2S2. The van der Waals surface area contributed by atoms with Gasteiger partial charge in [0.1, 0.15) is 4.83 Å². The number of thiazole rings is 1. The maximum Gasteiger partial charge on any atom is 0.264 e. The lowest BCUT2D eigenvalue weighted by Gasteiger charge is -2.31. The predicted octanol–water partition coefficient (Wildman–Crippen LogP) is 3.24. The standard InChI is InChI=1S/C16H24N4O2S2.2ClH/c1-19(2)16-18-14-12(24-16)10-13(23-14)15(21)20-7-4-11(5-8-20)22-9-3-6-17;;/h10-11H,3-9,17H2,1-2H3;2*1H. The summed E-state index contributed by atoms with van der Waals surface area (Å²) in [6.45, 7) is 2.90. The summed E-state index contributed by atoms with van der Waals surface area (Å²) in [6.07, 6.45) is 2.96. The number of carbonyl (C=O) groups excluding carboxylic acids is 1. The highest BCUT2D eigenvalue weighted by atomic mass is 35.5. The Labute approximate surface area is 174 Å². The van der Waals surface area contributed by atoms with Gasteiger partial charge < -0.3 is 20.3 Å². The van der Waals surface area contributed by atoms with E-state index in [2.05, 4.69) is 4.98 Å². The molecule has 1 amide bonds. The van der Waals surface area contributed by atoms with Crippen molar-refractivity contribution >= 4 is 68.1 Å². The van der Waals surface area contributed by atoms with Crippen molar-refractivity contribution in [2.45, 2.75) is 25.4 Å². The molecule has 10 heteroatoms. The Morgan fingerprint density at radius 3 is 2.62 bits per heavy atom. The smallest absolute Gasteiger partial charge is 0.264 e. The van der Waals surface area contributed by atoms with E-state index in [1.54, 1.807) is 11.3 Å². The second-order valence-corrected chi connectivity index (χ2v) is 8.22. The number of thiophene rings is 1. The topological polar surface area (TPSA) is 71.7 Å². The molecule has 3 heterocycles. The molecule has 0 radical (unpaired) electrons. The third kappa shape index (κ3) is 5.43. The SMILES string of the molecule is CN(C)c1nc2sc(C(=O)N3CCC(OCCCN)CC3)cc2s1.Cl.Cl. The first kappa shape index (κ1) is 23.4. The number of hydrogen-bond acceptors (Lipinski definition) is 7. The first-order valence-electron chi connectivity index (χ1n) is 8.27. The molecule has 0 aromatic carbocycles. The normalized spacial score (nSPS) is 14.8. The van der Waals surface area contributed by atoms with Crippen LogP contribution in [0.3, 0.4) is 0 Å². The van der Waals surface area contributed by atoms with Crippen molar-refractivity contribution in [1.82, 2.24) is 9.88 Å². The second kappa shape index (κ2) is 10.6. The van der Waals surface area contributed by atoms with E-state index in [4.69, 9.17) is 10.5 Å². The minimum Gasteiger partial charge on any atom is -0.378 e. The van der Waals surface area contributed by atoms with Crippen LogP contribution in [0.1, 0.15) is 28.9 Å². The number of piperidine rings is 1. The monoisotopic (exact) mass is 440 g/mol. The lowest BCUT2D eigenvalue weighted by Crippen LogP contribution is -2.40.